The Balaban J connectivity index is 2.58. The van der Waals surface area contributed by atoms with Crippen molar-refractivity contribution in [2.24, 2.45) is 0 Å². The van der Waals surface area contributed by atoms with Crippen molar-refractivity contribution in [1.82, 2.24) is 0 Å². The number of hydrogen-bond acceptors (Lipinski definition) is 2. The molecule has 0 amide bonds. The van der Waals surface area contributed by atoms with Gasteiger partial charge in [0.05, 0.1) is 5.41 Å². The summed E-state index contributed by atoms with van der Waals surface area (Å²) < 4.78 is 26.7. The molecule has 0 heterocycles. The predicted octanol–water partition coefficient (Wildman–Crippen LogP) is 1.79. The molecule has 2 rings (SSSR count). The molecule has 1 aliphatic carbocycles. The lowest BCUT2D eigenvalue weighted by molar-refractivity contribution is -0.140. The summed E-state index contributed by atoms with van der Waals surface area (Å²) >= 11 is 0. The van der Waals surface area contributed by atoms with Gasteiger partial charge in [-0.25, -0.2) is 8.78 Å². The van der Waals surface area contributed by atoms with Gasteiger partial charge in [-0.1, -0.05) is 0 Å². The Morgan fingerprint density at radius 2 is 1.73 bits per heavy atom. The number of halogens is 2. The average Bonchev–Trinajstić information content (AvgIpc) is 2.83. The van der Waals surface area contributed by atoms with Crippen molar-refractivity contribution in [2.75, 3.05) is 0 Å². The van der Waals surface area contributed by atoms with Gasteiger partial charge in [0.25, 0.3) is 0 Å². The summed E-state index contributed by atoms with van der Waals surface area (Å²) in [5.74, 6) is -3.79. The number of aliphatic carboxylic acids is 1. The highest BCUT2D eigenvalue weighted by Crippen LogP contribution is 2.50. The fourth-order valence-electron chi connectivity index (χ4n) is 1.71. The molecule has 1 aromatic carbocycles. The van der Waals surface area contributed by atoms with E-state index in [9.17, 15) is 13.6 Å². The van der Waals surface area contributed by atoms with E-state index in [1.54, 1.807) is 0 Å². The minimum atomic E-state index is -1.43. The molecule has 3 nitrogen and oxygen atoms in total. The van der Waals surface area contributed by atoms with Gasteiger partial charge in [-0.3, -0.25) is 4.79 Å². The van der Waals surface area contributed by atoms with E-state index in [0.29, 0.717) is 0 Å². The zero-order chi connectivity index (χ0) is 11.2. The highest BCUT2D eigenvalue weighted by atomic mass is 19.1. The van der Waals surface area contributed by atoms with Gasteiger partial charge < -0.3 is 10.2 Å². The number of benzene rings is 1. The Hall–Kier alpha value is -1.65. The van der Waals surface area contributed by atoms with E-state index in [4.69, 9.17) is 10.2 Å². The van der Waals surface area contributed by atoms with Crippen LogP contribution in [0.5, 0.6) is 5.75 Å². The second kappa shape index (κ2) is 2.92. The Morgan fingerprint density at radius 1 is 1.27 bits per heavy atom. The van der Waals surface area contributed by atoms with Crippen molar-refractivity contribution in [1.29, 1.82) is 0 Å². The fraction of sp³-hybridized carbons (Fsp3) is 0.300. The molecule has 0 atom stereocenters. The number of phenols is 1. The lowest BCUT2D eigenvalue weighted by Crippen LogP contribution is -2.22. The normalized spacial score (nSPS) is 17.5. The molecule has 5 heteroatoms. The van der Waals surface area contributed by atoms with Gasteiger partial charge in [0.2, 0.25) is 0 Å². The summed E-state index contributed by atoms with van der Waals surface area (Å²) in [6.07, 6.45) is 0.446. The van der Waals surface area contributed by atoms with Gasteiger partial charge in [0, 0.05) is 17.7 Å². The van der Waals surface area contributed by atoms with Gasteiger partial charge in [-0.05, 0) is 12.8 Å². The molecule has 1 saturated carbocycles. The molecule has 0 spiro atoms. The smallest absolute Gasteiger partial charge is 0.314 e. The van der Waals surface area contributed by atoms with Crippen molar-refractivity contribution >= 4 is 5.97 Å². The second-order valence-electron chi connectivity index (χ2n) is 3.67. The van der Waals surface area contributed by atoms with Crippen molar-refractivity contribution in [3.05, 3.63) is 29.3 Å². The Kier molecular flexibility index (Phi) is 1.92. The monoisotopic (exact) mass is 214 g/mol. The summed E-state index contributed by atoms with van der Waals surface area (Å²) in [5, 5.41) is 17.8. The van der Waals surface area contributed by atoms with Crippen molar-refractivity contribution in [3.63, 3.8) is 0 Å². The first kappa shape index (κ1) is 9.89. The van der Waals surface area contributed by atoms with Crippen LogP contribution < -0.4 is 0 Å². The van der Waals surface area contributed by atoms with Crippen LogP contribution in [-0.2, 0) is 10.2 Å². The number of phenolic OH excluding ortho intramolecular Hbond substituents is 1. The van der Waals surface area contributed by atoms with E-state index >= 15 is 0 Å². The molecule has 80 valence electrons. The lowest BCUT2D eigenvalue weighted by Gasteiger charge is -2.12. The zero-order valence-corrected chi connectivity index (χ0v) is 7.63. The topological polar surface area (TPSA) is 57.5 Å². The average molecular weight is 214 g/mol. The van der Waals surface area contributed by atoms with Gasteiger partial charge in [0.1, 0.15) is 17.4 Å². The molecule has 0 aromatic heterocycles. The maximum absolute atomic E-state index is 13.3. The van der Waals surface area contributed by atoms with Gasteiger partial charge in [-0.2, -0.15) is 0 Å². The predicted molar refractivity (Wildman–Crippen MR) is 46.6 cm³/mol. The van der Waals surface area contributed by atoms with E-state index in [2.05, 4.69) is 0 Å². The number of aromatic hydroxyl groups is 1. The molecule has 1 fully saturated rings. The van der Waals surface area contributed by atoms with Gasteiger partial charge in [-0.15, -0.1) is 0 Å². The number of hydrogen-bond donors (Lipinski definition) is 2. The molecule has 15 heavy (non-hydrogen) atoms. The van der Waals surface area contributed by atoms with Crippen molar-refractivity contribution < 1.29 is 23.8 Å². The maximum atomic E-state index is 13.3. The Morgan fingerprint density at radius 3 is 2.07 bits per heavy atom. The molecule has 0 radical (unpaired) electrons. The molecule has 2 N–H and O–H groups in total. The van der Waals surface area contributed by atoms with Crippen LogP contribution in [0.3, 0.4) is 0 Å². The minimum Gasteiger partial charge on any atom is -0.508 e. The molecule has 1 aromatic rings. The molecule has 0 saturated heterocycles. The highest BCUT2D eigenvalue weighted by molar-refractivity contribution is 5.85. The third kappa shape index (κ3) is 1.35. The van der Waals surface area contributed by atoms with E-state index in [1.807, 2.05) is 0 Å². The van der Waals surface area contributed by atoms with Gasteiger partial charge >= 0.3 is 5.97 Å². The summed E-state index contributed by atoms with van der Waals surface area (Å²) in [4.78, 5) is 10.9. The fourth-order valence-corrected chi connectivity index (χ4v) is 1.71. The quantitative estimate of drug-likeness (QED) is 0.789. The molecule has 0 unspecified atom stereocenters. The van der Waals surface area contributed by atoms with Crippen LogP contribution in [0, 0.1) is 11.6 Å². The standard InChI is InChI=1S/C10H8F2O3/c11-6-3-5(13)4-7(12)8(6)10(1-2-10)9(14)15/h3-4,13H,1-2H2,(H,14,15). The Bertz CT molecular complexity index is 415. The largest absolute Gasteiger partial charge is 0.508 e. The number of rotatable bonds is 2. The van der Waals surface area contributed by atoms with Crippen LogP contribution in [0.15, 0.2) is 12.1 Å². The maximum Gasteiger partial charge on any atom is 0.314 e. The minimum absolute atomic E-state index is 0.223. The van der Waals surface area contributed by atoms with E-state index in [0.717, 1.165) is 12.1 Å². The summed E-state index contributed by atoms with van der Waals surface area (Å²) in [6.45, 7) is 0. The van der Waals surface area contributed by atoms with E-state index in [1.165, 1.54) is 0 Å². The third-order valence-corrected chi connectivity index (χ3v) is 2.66. The first-order valence-electron chi connectivity index (χ1n) is 4.39. The number of carbonyl (C=O) groups is 1. The van der Waals surface area contributed by atoms with E-state index < -0.39 is 34.3 Å². The molecular formula is C10H8F2O3. The number of carboxylic acids is 1. The van der Waals surface area contributed by atoms with Crippen molar-refractivity contribution in [2.45, 2.75) is 18.3 Å². The van der Waals surface area contributed by atoms with Crippen LogP contribution in [0.2, 0.25) is 0 Å². The summed E-state index contributed by atoms with van der Waals surface area (Å²) in [6, 6.07) is 1.45. The third-order valence-electron chi connectivity index (χ3n) is 2.66. The zero-order valence-electron chi connectivity index (χ0n) is 7.63. The van der Waals surface area contributed by atoms with E-state index in [-0.39, 0.29) is 12.8 Å². The molecule has 0 bridgehead atoms. The highest BCUT2D eigenvalue weighted by Gasteiger charge is 2.54. The second-order valence-corrected chi connectivity index (χ2v) is 3.67. The summed E-state index contributed by atoms with van der Waals surface area (Å²) in [5.41, 5.74) is -1.88. The van der Waals surface area contributed by atoms with Crippen molar-refractivity contribution in [3.8, 4) is 5.75 Å². The number of carboxylic acid groups (broad SMARTS) is 1. The Labute approximate surface area is 84.0 Å². The lowest BCUT2D eigenvalue weighted by atomic mass is 9.95. The summed E-state index contributed by atoms with van der Waals surface area (Å²) in [7, 11) is 0. The first-order valence-corrected chi connectivity index (χ1v) is 4.39. The first-order chi connectivity index (χ1) is 6.97. The van der Waals surface area contributed by atoms with Crippen LogP contribution in [0.1, 0.15) is 18.4 Å². The SMILES string of the molecule is O=C(O)C1(c2c(F)cc(O)cc2F)CC1. The molecule has 0 aliphatic heterocycles. The van der Waals surface area contributed by atoms with Crippen LogP contribution in [0.25, 0.3) is 0 Å². The van der Waals surface area contributed by atoms with Crippen LogP contribution >= 0.6 is 0 Å². The molecular weight excluding hydrogens is 206 g/mol. The molecule has 1 aliphatic rings. The van der Waals surface area contributed by atoms with Crippen LogP contribution in [0.4, 0.5) is 8.78 Å². The van der Waals surface area contributed by atoms with Crippen LogP contribution in [-0.4, -0.2) is 16.2 Å². The van der Waals surface area contributed by atoms with Gasteiger partial charge in [0.15, 0.2) is 0 Å².